The number of rotatable bonds is 6. The molecule has 0 spiro atoms. The first-order chi connectivity index (χ1) is 10.6. The summed E-state index contributed by atoms with van der Waals surface area (Å²) in [6, 6.07) is 2.69. The van der Waals surface area contributed by atoms with E-state index in [4.69, 9.17) is 16.4 Å². The molecule has 0 saturated heterocycles. The van der Waals surface area contributed by atoms with Crippen molar-refractivity contribution in [2.75, 3.05) is 0 Å². The van der Waals surface area contributed by atoms with Gasteiger partial charge in [-0.3, -0.25) is 14.7 Å². The number of halogens is 1. The van der Waals surface area contributed by atoms with Crippen molar-refractivity contribution in [1.82, 2.24) is 10.2 Å². The maximum absolute atomic E-state index is 12.4. The van der Waals surface area contributed by atoms with Gasteiger partial charge in [-0.25, -0.2) is 8.42 Å². The molecule has 2 unspecified atom stereocenters. The SMILES string of the molecule is CC(C(=O)c1cc[nH]n1)C(C)c1sc(S(=O)(=O)Cl)cc1C(N)=O. The molecule has 124 valence electrons. The fourth-order valence-electron chi connectivity index (χ4n) is 2.12. The van der Waals surface area contributed by atoms with E-state index in [1.807, 2.05) is 0 Å². The number of nitrogens with two attached hydrogens (primary N) is 1. The second-order valence-electron chi connectivity index (χ2n) is 5.05. The Bertz CT molecular complexity index is 843. The van der Waals surface area contributed by atoms with E-state index in [-0.39, 0.29) is 21.2 Å². The third-order valence-electron chi connectivity index (χ3n) is 3.57. The number of hydrogen-bond donors (Lipinski definition) is 2. The van der Waals surface area contributed by atoms with Crippen molar-refractivity contribution >= 4 is 42.8 Å². The average Bonchev–Trinajstić information content (AvgIpc) is 3.12. The average molecular weight is 376 g/mol. The number of ketones is 1. The van der Waals surface area contributed by atoms with Crippen molar-refractivity contribution in [2.45, 2.75) is 24.0 Å². The highest BCUT2D eigenvalue weighted by molar-refractivity contribution is 8.15. The first kappa shape index (κ1) is 17.6. The number of carbonyl (C=O) groups excluding carboxylic acids is 2. The Kier molecular flexibility index (Phi) is 4.92. The highest BCUT2D eigenvalue weighted by Gasteiger charge is 2.30. The molecule has 2 heterocycles. The van der Waals surface area contributed by atoms with E-state index in [0.717, 1.165) is 17.4 Å². The topological polar surface area (TPSA) is 123 Å². The predicted octanol–water partition coefficient (Wildman–Crippen LogP) is 2.12. The maximum atomic E-state index is 12.4. The molecule has 0 aliphatic carbocycles. The number of Topliss-reactive ketones (excluding diaryl/α,β-unsaturated/α-hetero) is 1. The van der Waals surface area contributed by atoms with Crippen molar-refractivity contribution in [1.29, 1.82) is 0 Å². The summed E-state index contributed by atoms with van der Waals surface area (Å²) in [5, 5.41) is 6.39. The lowest BCUT2D eigenvalue weighted by molar-refractivity contribution is 0.0907. The number of hydrogen-bond acceptors (Lipinski definition) is 6. The van der Waals surface area contributed by atoms with E-state index >= 15 is 0 Å². The van der Waals surface area contributed by atoms with Crippen LogP contribution in [0, 0.1) is 5.92 Å². The van der Waals surface area contributed by atoms with Gasteiger partial charge in [0.2, 0.25) is 5.91 Å². The van der Waals surface area contributed by atoms with Crippen LogP contribution in [0.3, 0.4) is 0 Å². The van der Waals surface area contributed by atoms with E-state index < -0.39 is 26.8 Å². The quantitative estimate of drug-likeness (QED) is 0.591. The van der Waals surface area contributed by atoms with Gasteiger partial charge in [0, 0.05) is 33.6 Å². The molecule has 10 heteroatoms. The highest BCUT2D eigenvalue weighted by Crippen LogP contribution is 2.37. The fourth-order valence-corrected chi connectivity index (χ4v) is 4.51. The number of thiophene rings is 1. The molecule has 0 aromatic carbocycles. The molecule has 0 aliphatic heterocycles. The van der Waals surface area contributed by atoms with Crippen LogP contribution >= 0.6 is 22.0 Å². The summed E-state index contributed by atoms with van der Waals surface area (Å²) in [4.78, 5) is 24.4. The third-order valence-corrected chi connectivity index (χ3v) is 6.98. The molecule has 0 bridgehead atoms. The van der Waals surface area contributed by atoms with Crippen molar-refractivity contribution in [2.24, 2.45) is 11.7 Å². The molecule has 3 N–H and O–H groups in total. The second kappa shape index (κ2) is 6.42. The monoisotopic (exact) mass is 375 g/mol. The highest BCUT2D eigenvalue weighted by atomic mass is 35.7. The van der Waals surface area contributed by atoms with Crippen LogP contribution in [0.4, 0.5) is 0 Å². The maximum Gasteiger partial charge on any atom is 0.270 e. The Morgan fingerprint density at radius 3 is 2.52 bits per heavy atom. The number of carbonyl (C=O) groups is 2. The van der Waals surface area contributed by atoms with Crippen LogP contribution in [0.1, 0.15) is 45.5 Å². The zero-order valence-electron chi connectivity index (χ0n) is 12.2. The van der Waals surface area contributed by atoms with E-state index in [0.29, 0.717) is 4.88 Å². The summed E-state index contributed by atoms with van der Waals surface area (Å²) < 4.78 is 22.8. The van der Waals surface area contributed by atoms with Crippen molar-refractivity contribution in [3.05, 3.63) is 34.5 Å². The van der Waals surface area contributed by atoms with Gasteiger partial charge in [-0.1, -0.05) is 13.8 Å². The van der Waals surface area contributed by atoms with Crippen LogP contribution in [0.15, 0.2) is 22.5 Å². The lowest BCUT2D eigenvalue weighted by Gasteiger charge is -2.17. The Morgan fingerprint density at radius 1 is 1.39 bits per heavy atom. The summed E-state index contributed by atoms with van der Waals surface area (Å²) >= 11 is 0.845. The second-order valence-corrected chi connectivity index (χ2v) is 8.92. The third kappa shape index (κ3) is 3.62. The molecule has 2 aromatic heterocycles. The summed E-state index contributed by atoms with van der Waals surface area (Å²) in [5.41, 5.74) is 5.64. The summed E-state index contributed by atoms with van der Waals surface area (Å²) in [6.07, 6.45) is 1.53. The summed E-state index contributed by atoms with van der Waals surface area (Å²) in [7, 11) is 1.35. The smallest absolute Gasteiger partial charge is 0.270 e. The van der Waals surface area contributed by atoms with E-state index in [9.17, 15) is 18.0 Å². The normalized spacial score (nSPS) is 14.4. The van der Waals surface area contributed by atoms with Gasteiger partial charge in [0.15, 0.2) is 5.78 Å². The lowest BCUT2D eigenvalue weighted by Crippen LogP contribution is -2.20. The molecule has 0 aliphatic rings. The standard InChI is InChI=1S/C13H14ClN3O4S2/c1-6(11(18)9-3-4-16-17-9)7(2)12-8(13(15)19)5-10(22-12)23(14,20)21/h3-7H,1-2H3,(H2,15,19)(H,16,17). The van der Waals surface area contributed by atoms with Crippen LogP contribution in [0.5, 0.6) is 0 Å². The lowest BCUT2D eigenvalue weighted by atomic mass is 9.88. The fraction of sp³-hybridized carbons (Fsp3) is 0.308. The molecule has 2 atom stereocenters. The van der Waals surface area contributed by atoms with Gasteiger partial charge in [0.05, 0.1) is 5.56 Å². The largest absolute Gasteiger partial charge is 0.366 e. The number of amides is 1. The van der Waals surface area contributed by atoms with Crippen LogP contribution < -0.4 is 5.73 Å². The minimum absolute atomic E-state index is 0.0587. The molecule has 0 radical (unpaired) electrons. The van der Waals surface area contributed by atoms with Gasteiger partial charge < -0.3 is 5.73 Å². The molecule has 2 aromatic rings. The summed E-state index contributed by atoms with van der Waals surface area (Å²) in [6.45, 7) is 3.40. The number of primary amides is 1. The molecule has 0 saturated carbocycles. The number of H-pyrrole nitrogens is 1. The van der Waals surface area contributed by atoms with Crippen molar-refractivity contribution in [3.63, 3.8) is 0 Å². The van der Waals surface area contributed by atoms with Gasteiger partial charge in [0.25, 0.3) is 9.05 Å². The van der Waals surface area contributed by atoms with Crippen LogP contribution in [0.25, 0.3) is 0 Å². The Labute approximate surface area is 141 Å². The van der Waals surface area contributed by atoms with Crippen molar-refractivity contribution in [3.8, 4) is 0 Å². The van der Waals surface area contributed by atoms with Gasteiger partial charge in [-0.05, 0) is 12.1 Å². The zero-order chi connectivity index (χ0) is 17.4. The van der Waals surface area contributed by atoms with Crippen LogP contribution in [-0.2, 0) is 9.05 Å². The Balaban J connectivity index is 2.42. The van der Waals surface area contributed by atoms with Gasteiger partial charge in [-0.15, -0.1) is 11.3 Å². The summed E-state index contributed by atoms with van der Waals surface area (Å²) in [5.74, 6) is -1.95. The van der Waals surface area contributed by atoms with Gasteiger partial charge >= 0.3 is 0 Å². The predicted molar refractivity (Wildman–Crippen MR) is 86.4 cm³/mol. The first-order valence-corrected chi connectivity index (χ1v) is 9.67. The molecule has 23 heavy (non-hydrogen) atoms. The molecular formula is C13H14ClN3O4S2. The Morgan fingerprint density at radius 2 is 2.04 bits per heavy atom. The minimum Gasteiger partial charge on any atom is -0.366 e. The van der Waals surface area contributed by atoms with E-state index in [2.05, 4.69) is 10.2 Å². The minimum atomic E-state index is -3.98. The van der Waals surface area contributed by atoms with E-state index in [1.165, 1.54) is 6.20 Å². The molecule has 1 amide bonds. The zero-order valence-corrected chi connectivity index (χ0v) is 14.6. The Hall–Kier alpha value is -1.71. The van der Waals surface area contributed by atoms with E-state index in [1.54, 1.807) is 19.9 Å². The molecule has 7 nitrogen and oxygen atoms in total. The van der Waals surface area contributed by atoms with Crippen LogP contribution in [0.2, 0.25) is 0 Å². The molecular weight excluding hydrogens is 362 g/mol. The number of nitrogens with one attached hydrogen (secondary N) is 1. The van der Waals surface area contributed by atoms with Crippen LogP contribution in [-0.4, -0.2) is 30.3 Å². The first-order valence-electron chi connectivity index (χ1n) is 6.55. The molecule has 0 fully saturated rings. The molecule has 2 rings (SSSR count). The number of aromatic nitrogens is 2. The number of nitrogens with zero attached hydrogens (tertiary/aromatic N) is 1. The van der Waals surface area contributed by atoms with Crippen molar-refractivity contribution < 1.29 is 18.0 Å². The number of aromatic amines is 1. The van der Waals surface area contributed by atoms with Gasteiger partial charge in [0.1, 0.15) is 9.90 Å². The van der Waals surface area contributed by atoms with Gasteiger partial charge in [-0.2, -0.15) is 5.10 Å².